The van der Waals surface area contributed by atoms with Gasteiger partial charge in [-0.1, -0.05) is 18.5 Å². The van der Waals surface area contributed by atoms with Gasteiger partial charge in [0, 0.05) is 5.69 Å². The molecule has 1 heterocycles. The maximum Gasteiger partial charge on any atom is 0.346 e. The maximum atomic E-state index is 10.8. The molecule has 60 valence electrons. The van der Waals surface area contributed by atoms with E-state index in [9.17, 15) is 4.79 Å². The number of H-pyrrole nitrogens is 1. The third-order valence-electron chi connectivity index (χ3n) is 1.26. The van der Waals surface area contributed by atoms with Gasteiger partial charge in [0.15, 0.2) is 5.15 Å². The zero-order valence-electron chi connectivity index (χ0n) is 5.82. The Morgan fingerprint density at radius 3 is 2.91 bits per heavy atom. The molecule has 0 aliphatic heterocycles. The van der Waals surface area contributed by atoms with Crippen LogP contribution in [-0.4, -0.2) is 9.97 Å². The zero-order chi connectivity index (χ0) is 8.43. The molecule has 0 aromatic carbocycles. The molecule has 1 N–H and O–H groups in total. The molecular weight excluding hydrogens is 231 g/mol. The van der Waals surface area contributed by atoms with Crippen LogP contribution in [-0.2, 0) is 6.42 Å². The van der Waals surface area contributed by atoms with Crippen molar-refractivity contribution in [2.24, 2.45) is 0 Å². The minimum absolute atomic E-state index is 0.214. The molecule has 0 fully saturated rings. The van der Waals surface area contributed by atoms with Crippen LogP contribution in [0.4, 0.5) is 0 Å². The molecule has 1 rings (SSSR count). The van der Waals surface area contributed by atoms with Crippen LogP contribution in [0.1, 0.15) is 12.6 Å². The van der Waals surface area contributed by atoms with Gasteiger partial charge in [-0.2, -0.15) is 4.98 Å². The number of halogens is 2. The van der Waals surface area contributed by atoms with E-state index in [0.29, 0.717) is 4.47 Å². The van der Waals surface area contributed by atoms with E-state index < -0.39 is 5.69 Å². The predicted octanol–water partition coefficient (Wildman–Crippen LogP) is 1.75. The molecule has 0 saturated carbocycles. The van der Waals surface area contributed by atoms with E-state index in [2.05, 4.69) is 25.9 Å². The number of nitrogens with one attached hydrogen (secondary N) is 1. The molecule has 0 saturated heterocycles. The summed E-state index contributed by atoms with van der Waals surface area (Å²) in [5.41, 5.74) is 0.366. The summed E-state index contributed by atoms with van der Waals surface area (Å²) in [5, 5.41) is 0.214. The maximum absolute atomic E-state index is 10.8. The van der Waals surface area contributed by atoms with Gasteiger partial charge >= 0.3 is 5.69 Å². The smallest absolute Gasteiger partial charge is 0.309 e. The molecule has 0 spiro atoms. The lowest BCUT2D eigenvalue weighted by Gasteiger charge is -1.99. The van der Waals surface area contributed by atoms with Crippen LogP contribution in [0.2, 0.25) is 5.15 Å². The number of aryl methyl sites for hydroxylation is 1. The Bertz CT molecular complexity index is 323. The van der Waals surface area contributed by atoms with Crippen molar-refractivity contribution < 1.29 is 0 Å². The van der Waals surface area contributed by atoms with Crippen molar-refractivity contribution in [1.29, 1.82) is 0 Å². The number of hydrogen-bond acceptors (Lipinski definition) is 2. The fourth-order valence-corrected chi connectivity index (χ4v) is 1.38. The molecule has 1 aromatic rings. The first-order valence-corrected chi connectivity index (χ1v) is 4.26. The van der Waals surface area contributed by atoms with Gasteiger partial charge in [-0.15, -0.1) is 0 Å². The van der Waals surface area contributed by atoms with Crippen molar-refractivity contribution in [2.45, 2.75) is 13.3 Å². The molecule has 1 aromatic heterocycles. The van der Waals surface area contributed by atoms with Gasteiger partial charge in [0.2, 0.25) is 0 Å². The highest BCUT2D eigenvalue weighted by atomic mass is 79.9. The number of aromatic nitrogens is 2. The highest BCUT2D eigenvalue weighted by Gasteiger charge is 2.04. The monoisotopic (exact) mass is 236 g/mol. The lowest BCUT2D eigenvalue weighted by Crippen LogP contribution is -2.13. The van der Waals surface area contributed by atoms with Crippen LogP contribution in [0.3, 0.4) is 0 Å². The second-order valence-electron chi connectivity index (χ2n) is 1.98. The zero-order valence-corrected chi connectivity index (χ0v) is 8.16. The summed E-state index contributed by atoms with van der Waals surface area (Å²) in [6.07, 6.45) is 0.720. The van der Waals surface area contributed by atoms with Crippen LogP contribution in [0.15, 0.2) is 9.27 Å². The normalized spacial score (nSPS) is 10.1. The molecule has 0 aliphatic rings. The van der Waals surface area contributed by atoms with Crippen LogP contribution in [0.25, 0.3) is 0 Å². The van der Waals surface area contributed by atoms with E-state index in [1.165, 1.54) is 0 Å². The van der Waals surface area contributed by atoms with Gasteiger partial charge in [0.1, 0.15) is 0 Å². The van der Waals surface area contributed by atoms with Gasteiger partial charge in [-0.3, -0.25) is 0 Å². The first-order chi connectivity index (χ1) is 5.15. The van der Waals surface area contributed by atoms with Crippen LogP contribution >= 0.6 is 27.5 Å². The first-order valence-electron chi connectivity index (χ1n) is 3.09. The van der Waals surface area contributed by atoms with Crippen molar-refractivity contribution in [1.82, 2.24) is 9.97 Å². The second kappa shape index (κ2) is 3.36. The highest BCUT2D eigenvalue weighted by Crippen LogP contribution is 2.20. The fourth-order valence-electron chi connectivity index (χ4n) is 0.718. The summed E-state index contributed by atoms with van der Waals surface area (Å²) in [5.74, 6) is 0. The van der Waals surface area contributed by atoms with Gasteiger partial charge in [0.05, 0.1) is 4.47 Å². The second-order valence-corrected chi connectivity index (χ2v) is 3.13. The number of hydrogen-bond donors (Lipinski definition) is 1. The first kappa shape index (κ1) is 8.74. The number of rotatable bonds is 1. The van der Waals surface area contributed by atoms with Gasteiger partial charge in [-0.25, -0.2) is 4.79 Å². The average molecular weight is 237 g/mol. The summed E-state index contributed by atoms with van der Waals surface area (Å²) in [6.45, 7) is 1.92. The Hall–Kier alpha value is -0.350. The van der Waals surface area contributed by atoms with Crippen molar-refractivity contribution in [3.63, 3.8) is 0 Å². The summed E-state index contributed by atoms with van der Waals surface area (Å²) in [6, 6.07) is 0. The summed E-state index contributed by atoms with van der Waals surface area (Å²) in [4.78, 5) is 16.8. The molecule has 3 nitrogen and oxygen atoms in total. The predicted molar refractivity (Wildman–Crippen MR) is 46.9 cm³/mol. The molecule has 5 heteroatoms. The van der Waals surface area contributed by atoms with Gasteiger partial charge in [0.25, 0.3) is 0 Å². The van der Waals surface area contributed by atoms with E-state index in [4.69, 9.17) is 11.6 Å². The Morgan fingerprint density at radius 1 is 1.73 bits per heavy atom. The average Bonchev–Trinajstić information content (AvgIpc) is 1.96. The summed E-state index contributed by atoms with van der Waals surface area (Å²) >= 11 is 8.83. The van der Waals surface area contributed by atoms with Gasteiger partial charge in [-0.05, 0) is 22.4 Å². The van der Waals surface area contributed by atoms with Crippen molar-refractivity contribution >= 4 is 27.5 Å². The lowest BCUT2D eigenvalue weighted by molar-refractivity contribution is 0.943. The quantitative estimate of drug-likeness (QED) is 0.756. The molecule has 0 bridgehead atoms. The Morgan fingerprint density at radius 2 is 2.36 bits per heavy atom. The largest absolute Gasteiger partial charge is 0.346 e. The van der Waals surface area contributed by atoms with Crippen molar-refractivity contribution in [3.05, 3.63) is 25.8 Å². The molecule has 0 aliphatic carbocycles. The molecule has 0 atom stereocenters. The molecule has 0 radical (unpaired) electrons. The third-order valence-corrected chi connectivity index (χ3v) is 2.61. The van der Waals surface area contributed by atoms with E-state index >= 15 is 0 Å². The van der Waals surface area contributed by atoms with E-state index in [1.54, 1.807) is 0 Å². The van der Waals surface area contributed by atoms with Crippen LogP contribution < -0.4 is 5.69 Å². The van der Waals surface area contributed by atoms with Crippen LogP contribution in [0.5, 0.6) is 0 Å². The Labute approximate surface area is 76.9 Å². The topological polar surface area (TPSA) is 45.8 Å². The standard InChI is InChI=1S/C6H6BrClN2O/c1-2-3-4(7)5(8)10-6(11)9-3/h2H2,1H3,(H,9,10,11). The van der Waals surface area contributed by atoms with Crippen molar-refractivity contribution in [2.75, 3.05) is 0 Å². The number of aromatic amines is 1. The third kappa shape index (κ3) is 1.81. The molecule has 0 unspecified atom stereocenters. The fraction of sp³-hybridized carbons (Fsp3) is 0.333. The highest BCUT2D eigenvalue weighted by molar-refractivity contribution is 9.10. The van der Waals surface area contributed by atoms with Gasteiger partial charge < -0.3 is 4.98 Å². The van der Waals surface area contributed by atoms with Crippen LogP contribution in [0, 0.1) is 0 Å². The summed E-state index contributed by atoms with van der Waals surface area (Å²) in [7, 11) is 0. The minimum Gasteiger partial charge on any atom is -0.309 e. The molecule has 0 amide bonds. The minimum atomic E-state index is -0.407. The Kier molecular flexibility index (Phi) is 2.67. The van der Waals surface area contributed by atoms with Crippen molar-refractivity contribution in [3.8, 4) is 0 Å². The van der Waals surface area contributed by atoms with E-state index in [-0.39, 0.29) is 5.15 Å². The number of nitrogens with zero attached hydrogens (tertiary/aromatic N) is 1. The summed E-state index contributed by atoms with van der Waals surface area (Å²) < 4.78 is 0.668. The molecular formula is C6H6BrClN2O. The van der Waals surface area contributed by atoms with E-state index in [0.717, 1.165) is 12.1 Å². The lowest BCUT2D eigenvalue weighted by atomic mass is 10.3. The van der Waals surface area contributed by atoms with E-state index in [1.807, 2.05) is 6.92 Å². The Balaban J connectivity index is 3.36. The SMILES string of the molecule is CCc1[nH]c(=O)nc(Cl)c1Br. The molecule has 11 heavy (non-hydrogen) atoms.